The number of hydrogen-bond acceptors (Lipinski definition) is 9. The van der Waals surface area contributed by atoms with Crippen molar-refractivity contribution in [3.8, 4) is 11.9 Å². The maximum absolute atomic E-state index is 9.11. The summed E-state index contributed by atoms with van der Waals surface area (Å²) >= 11 is 0. The zero-order valence-electron chi connectivity index (χ0n) is 17.9. The first-order valence-electron chi connectivity index (χ1n) is 10.6. The van der Waals surface area contributed by atoms with Crippen LogP contribution in [-0.2, 0) is 4.74 Å². The number of pyridine rings is 2. The largest absolute Gasteiger partial charge is 0.389 e. The third-order valence-corrected chi connectivity index (χ3v) is 5.25. The molecule has 1 saturated heterocycles. The fourth-order valence-electron chi connectivity index (χ4n) is 3.58. The van der Waals surface area contributed by atoms with Crippen molar-refractivity contribution in [1.82, 2.24) is 25.1 Å². The smallest absolute Gasteiger partial charge is 0.164 e. The molecular weight excluding hydrogens is 406 g/mol. The van der Waals surface area contributed by atoms with Gasteiger partial charge in [-0.25, -0.2) is 15.5 Å². The van der Waals surface area contributed by atoms with Gasteiger partial charge in [-0.2, -0.15) is 20.2 Å². The van der Waals surface area contributed by atoms with E-state index in [9.17, 15) is 0 Å². The van der Waals surface area contributed by atoms with Crippen LogP contribution in [0.25, 0.3) is 22.5 Å². The molecular formula is C22H25N9O. The van der Waals surface area contributed by atoms with E-state index in [2.05, 4.69) is 43.8 Å². The summed E-state index contributed by atoms with van der Waals surface area (Å²) in [6, 6.07) is 5.99. The van der Waals surface area contributed by atoms with E-state index < -0.39 is 0 Å². The molecule has 0 spiro atoms. The molecule has 0 aliphatic carbocycles. The molecule has 0 radical (unpaired) electrons. The van der Waals surface area contributed by atoms with Gasteiger partial charge >= 0.3 is 0 Å². The van der Waals surface area contributed by atoms with E-state index in [1.807, 2.05) is 6.07 Å². The minimum atomic E-state index is 0.249. The molecule has 1 aliphatic heterocycles. The Morgan fingerprint density at radius 2 is 2.16 bits per heavy atom. The SMILES string of the molecule is CCCN/C=C(\N=N)c1cnc(-n2ncc3cc(C#N)cnc32)cc1NC1CCOCC1. The van der Waals surface area contributed by atoms with Gasteiger partial charge in [-0.1, -0.05) is 6.92 Å². The Labute approximate surface area is 185 Å². The summed E-state index contributed by atoms with van der Waals surface area (Å²) in [6.45, 7) is 4.30. The summed E-state index contributed by atoms with van der Waals surface area (Å²) in [5.74, 6) is 0.585. The van der Waals surface area contributed by atoms with Crippen molar-refractivity contribution in [2.24, 2.45) is 5.11 Å². The van der Waals surface area contributed by atoms with Gasteiger partial charge in [0.2, 0.25) is 0 Å². The lowest BCUT2D eigenvalue weighted by Crippen LogP contribution is -2.28. The average Bonchev–Trinajstić information content (AvgIpc) is 3.26. The molecule has 3 N–H and O–H groups in total. The molecule has 1 aliphatic rings. The van der Waals surface area contributed by atoms with Crippen LogP contribution in [0.4, 0.5) is 5.69 Å². The molecule has 3 aromatic rings. The highest BCUT2D eigenvalue weighted by Crippen LogP contribution is 2.28. The molecule has 0 atom stereocenters. The Morgan fingerprint density at radius 1 is 1.31 bits per heavy atom. The third-order valence-electron chi connectivity index (χ3n) is 5.25. The number of hydrogen-bond donors (Lipinski definition) is 3. The monoisotopic (exact) mass is 431 g/mol. The van der Waals surface area contributed by atoms with Crippen molar-refractivity contribution in [2.45, 2.75) is 32.2 Å². The first-order chi connectivity index (χ1) is 15.7. The summed E-state index contributed by atoms with van der Waals surface area (Å²) in [5.41, 5.74) is 10.8. The van der Waals surface area contributed by atoms with Crippen LogP contribution in [0.15, 0.2) is 42.0 Å². The number of nitrogens with one attached hydrogen (secondary N) is 3. The second-order valence-electron chi connectivity index (χ2n) is 7.52. The van der Waals surface area contributed by atoms with Gasteiger partial charge in [0.05, 0.1) is 11.8 Å². The van der Waals surface area contributed by atoms with Crippen LogP contribution >= 0.6 is 0 Å². The Hall–Kier alpha value is -3.84. The van der Waals surface area contributed by atoms with E-state index >= 15 is 0 Å². The molecule has 4 heterocycles. The standard InChI is InChI=1S/C22H25N9O/c1-2-5-25-14-20(30-24)18-13-26-21(9-19(18)29-17-3-6-32-7-4-17)31-22-16(12-28-31)8-15(10-23)11-27-22/h8-9,11-14,17,24-25H,2-7H2,1H3,(H,26,29)/b20-14-,30-24?. The maximum atomic E-state index is 9.11. The van der Waals surface area contributed by atoms with E-state index in [-0.39, 0.29) is 6.04 Å². The highest BCUT2D eigenvalue weighted by molar-refractivity contribution is 5.79. The quantitative estimate of drug-likeness (QED) is 0.366. The summed E-state index contributed by atoms with van der Waals surface area (Å²) in [4.78, 5) is 8.97. The van der Waals surface area contributed by atoms with Crippen molar-refractivity contribution in [1.29, 1.82) is 10.8 Å². The van der Waals surface area contributed by atoms with Gasteiger partial charge in [0.15, 0.2) is 11.5 Å². The summed E-state index contributed by atoms with van der Waals surface area (Å²) in [5, 5.41) is 24.8. The van der Waals surface area contributed by atoms with E-state index in [1.165, 1.54) is 6.20 Å². The molecule has 0 unspecified atom stereocenters. The van der Waals surface area contributed by atoms with Gasteiger partial charge < -0.3 is 15.4 Å². The lowest BCUT2D eigenvalue weighted by atomic mass is 10.1. The molecule has 3 aromatic heterocycles. The van der Waals surface area contributed by atoms with Crippen molar-refractivity contribution in [3.05, 3.63) is 48.1 Å². The second kappa shape index (κ2) is 9.98. The summed E-state index contributed by atoms with van der Waals surface area (Å²) in [6.07, 6.45) is 9.40. The van der Waals surface area contributed by atoms with E-state index in [0.717, 1.165) is 42.4 Å². The second-order valence-corrected chi connectivity index (χ2v) is 7.52. The first kappa shape index (κ1) is 21.4. The third kappa shape index (κ3) is 4.58. The number of ether oxygens (including phenoxy) is 1. The van der Waals surface area contributed by atoms with Crippen LogP contribution in [0.3, 0.4) is 0 Å². The molecule has 0 aromatic carbocycles. The number of fused-ring (bicyclic) bond motifs is 1. The summed E-state index contributed by atoms with van der Waals surface area (Å²) in [7, 11) is 0. The van der Waals surface area contributed by atoms with E-state index in [1.54, 1.807) is 29.3 Å². The molecule has 32 heavy (non-hydrogen) atoms. The number of anilines is 1. The molecule has 0 bridgehead atoms. The topological polar surface area (TPSA) is 137 Å². The normalized spacial score (nSPS) is 14.8. The van der Waals surface area contributed by atoms with E-state index in [0.29, 0.717) is 35.9 Å². The van der Waals surface area contributed by atoms with Crippen molar-refractivity contribution < 1.29 is 4.74 Å². The van der Waals surface area contributed by atoms with Gasteiger partial charge in [-0.15, -0.1) is 0 Å². The fourth-order valence-corrected chi connectivity index (χ4v) is 3.58. The van der Waals surface area contributed by atoms with Gasteiger partial charge in [0.25, 0.3) is 0 Å². The zero-order chi connectivity index (χ0) is 22.3. The van der Waals surface area contributed by atoms with Gasteiger partial charge in [-0.05, 0) is 25.3 Å². The first-order valence-corrected chi connectivity index (χ1v) is 10.6. The molecule has 164 valence electrons. The predicted octanol–water partition coefficient (Wildman–Crippen LogP) is 3.61. The molecule has 10 nitrogen and oxygen atoms in total. The Kier molecular flexibility index (Phi) is 6.67. The fraction of sp³-hybridized carbons (Fsp3) is 0.364. The zero-order valence-corrected chi connectivity index (χ0v) is 17.9. The molecule has 0 amide bonds. The molecule has 4 rings (SSSR count). The Balaban J connectivity index is 1.75. The number of nitrogens with zero attached hydrogens (tertiary/aromatic N) is 6. The Bertz CT molecular complexity index is 1170. The highest BCUT2D eigenvalue weighted by Gasteiger charge is 2.19. The van der Waals surface area contributed by atoms with Crippen LogP contribution in [0, 0.1) is 16.9 Å². The van der Waals surface area contributed by atoms with Crippen LogP contribution < -0.4 is 10.6 Å². The Morgan fingerprint density at radius 3 is 2.91 bits per heavy atom. The van der Waals surface area contributed by atoms with Crippen LogP contribution in [0.2, 0.25) is 0 Å². The van der Waals surface area contributed by atoms with Crippen molar-refractivity contribution in [2.75, 3.05) is 25.1 Å². The minimum Gasteiger partial charge on any atom is -0.389 e. The highest BCUT2D eigenvalue weighted by atomic mass is 16.5. The molecule has 0 saturated carbocycles. The molecule has 10 heteroatoms. The summed E-state index contributed by atoms with van der Waals surface area (Å²) < 4.78 is 7.13. The van der Waals surface area contributed by atoms with Crippen molar-refractivity contribution in [3.63, 3.8) is 0 Å². The number of nitriles is 1. The van der Waals surface area contributed by atoms with Gasteiger partial charge in [0, 0.05) is 67.1 Å². The molecule has 1 fully saturated rings. The average molecular weight is 432 g/mol. The predicted molar refractivity (Wildman–Crippen MR) is 120 cm³/mol. The number of aromatic nitrogens is 4. The lowest BCUT2D eigenvalue weighted by Gasteiger charge is -2.25. The lowest BCUT2D eigenvalue weighted by molar-refractivity contribution is 0.0904. The van der Waals surface area contributed by atoms with Crippen molar-refractivity contribution >= 4 is 22.4 Å². The van der Waals surface area contributed by atoms with Gasteiger partial charge in [0.1, 0.15) is 11.8 Å². The maximum Gasteiger partial charge on any atom is 0.164 e. The minimum absolute atomic E-state index is 0.249. The number of rotatable bonds is 8. The van der Waals surface area contributed by atoms with Crippen LogP contribution in [0.5, 0.6) is 0 Å². The van der Waals surface area contributed by atoms with E-state index in [4.69, 9.17) is 15.5 Å². The van der Waals surface area contributed by atoms with Crippen LogP contribution in [-0.4, -0.2) is 45.5 Å². The van der Waals surface area contributed by atoms with Crippen LogP contribution in [0.1, 0.15) is 37.3 Å². The van der Waals surface area contributed by atoms with Gasteiger partial charge in [-0.3, -0.25) is 0 Å².